The van der Waals surface area contributed by atoms with Crippen molar-refractivity contribution in [3.63, 3.8) is 0 Å². The summed E-state index contributed by atoms with van der Waals surface area (Å²) in [6.45, 7) is 4.51. The summed E-state index contributed by atoms with van der Waals surface area (Å²) in [5, 5.41) is 0.665. The lowest BCUT2D eigenvalue weighted by Gasteiger charge is -2.20. The lowest BCUT2D eigenvalue weighted by Crippen LogP contribution is -2.32. The molecule has 6 heteroatoms. The molecule has 0 radical (unpaired) electrons. The number of anilines is 1. The van der Waals surface area contributed by atoms with Crippen molar-refractivity contribution in [1.82, 2.24) is 9.97 Å². The first-order chi connectivity index (χ1) is 14.5. The molecule has 0 unspecified atom stereocenters. The molecule has 0 saturated heterocycles. The summed E-state index contributed by atoms with van der Waals surface area (Å²) in [4.78, 5) is 24.2. The number of ether oxygens (including phenoxy) is 1. The van der Waals surface area contributed by atoms with E-state index in [2.05, 4.69) is 31.0 Å². The molecule has 0 atom stereocenters. The molecule has 4 aromatic rings. The number of aryl methyl sites for hydroxylation is 2. The first-order valence-corrected chi connectivity index (χ1v) is 10.6. The van der Waals surface area contributed by atoms with Gasteiger partial charge in [-0.25, -0.2) is 4.98 Å². The quantitative estimate of drug-likeness (QED) is 0.438. The molecule has 5 nitrogen and oxygen atoms in total. The number of fused-ring (bicyclic) bond motifs is 1. The van der Waals surface area contributed by atoms with Gasteiger partial charge in [0, 0.05) is 6.20 Å². The van der Waals surface area contributed by atoms with E-state index in [1.807, 2.05) is 42.5 Å². The second kappa shape index (κ2) is 8.63. The van der Waals surface area contributed by atoms with Crippen LogP contribution in [0.25, 0.3) is 10.2 Å². The molecule has 0 bridgehead atoms. The van der Waals surface area contributed by atoms with Crippen LogP contribution in [0.15, 0.2) is 60.8 Å². The van der Waals surface area contributed by atoms with Gasteiger partial charge in [0.2, 0.25) is 5.91 Å². The third-order valence-electron chi connectivity index (χ3n) is 5.09. The number of methoxy groups -OCH3 is 1. The highest BCUT2D eigenvalue weighted by Crippen LogP contribution is 2.32. The molecule has 1 amide bonds. The molecule has 0 N–H and O–H groups in total. The molecule has 2 aromatic carbocycles. The van der Waals surface area contributed by atoms with Crippen LogP contribution in [0.1, 0.15) is 22.4 Å². The number of carbonyl (C=O) groups is 1. The van der Waals surface area contributed by atoms with E-state index < -0.39 is 0 Å². The molecule has 0 aliphatic heterocycles. The number of benzene rings is 2. The number of aromatic nitrogens is 2. The maximum absolute atomic E-state index is 13.4. The predicted molar refractivity (Wildman–Crippen MR) is 121 cm³/mol. The highest BCUT2D eigenvalue weighted by atomic mass is 32.1. The minimum atomic E-state index is -0.00470. The lowest BCUT2D eigenvalue weighted by atomic mass is 10.0. The second-order valence-electron chi connectivity index (χ2n) is 7.23. The smallest absolute Gasteiger partial charge is 0.233 e. The zero-order valence-electron chi connectivity index (χ0n) is 17.3. The topological polar surface area (TPSA) is 55.3 Å². The van der Waals surface area contributed by atoms with Gasteiger partial charge in [-0.2, -0.15) is 0 Å². The molecule has 0 aliphatic carbocycles. The van der Waals surface area contributed by atoms with Crippen molar-refractivity contribution in [2.75, 3.05) is 12.0 Å². The predicted octanol–water partition coefficient (Wildman–Crippen LogP) is 5.09. The van der Waals surface area contributed by atoms with Crippen molar-refractivity contribution in [2.45, 2.75) is 26.8 Å². The van der Waals surface area contributed by atoms with E-state index in [0.717, 1.165) is 27.2 Å². The third-order valence-corrected chi connectivity index (χ3v) is 6.13. The summed E-state index contributed by atoms with van der Waals surface area (Å²) in [6, 6.07) is 17.6. The van der Waals surface area contributed by atoms with Crippen LogP contribution in [-0.4, -0.2) is 23.0 Å². The first-order valence-electron chi connectivity index (χ1n) is 9.74. The summed E-state index contributed by atoms with van der Waals surface area (Å²) in [7, 11) is 1.64. The number of rotatable bonds is 6. The van der Waals surface area contributed by atoms with Crippen LogP contribution >= 0.6 is 11.3 Å². The van der Waals surface area contributed by atoms with Crippen molar-refractivity contribution >= 4 is 32.6 Å². The van der Waals surface area contributed by atoms with E-state index in [9.17, 15) is 4.79 Å². The minimum Gasteiger partial charge on any atom is -0.497 e. The number of carbonyl (C=O) groups excluding carboxylic acids is 1. The SMILES string of the molecule is COc1ccc2nc(N(Cc3ccccn3)C(=O)Cc3ccc(C)c(C)c3)sc2c1. The molecule has 0 saturated carbocycles. The highest BCUT2D eigenvalue weighted by molar-refractivity contribution is 7.22. The van der Waals surface area contributed by atoms with E-state index in [-0.39, 0.29) is 5.91 Å². The Morgan fingerprint density at radius 1 is 1.07 bits per heavy atom. The van der Waals surface area contributed by atoms with Crippen LogP contribution in [0.2, 0.25) is 0 Å². The monoisotopic (exact) mass is 417 g/mol. The maximum Gasteiger partial charge on any atom is 0.233 e. The average Bonchev–Trinajstić information content (AvgIpc) is 3.18. The third kappa shape index (κ3) is 4.33. The second-order valence-corrected chi connectivity index (χ2v) is 8.24. The van der Waals surface area contributed by atoms with Crippen molar-refractivity contribution in [1.29, 1.82) is 0 Å². The molecule has 152 valence electrons. The van der Waals surface area contributed by atoms with E-state index in [1.165, 1.54) is 22.5 Å². The van der Waals surface area contributed by atoms with Crippen LogP contribution in [0.5, 0.6) is 5.75 Å². The molecule has 0 spiro atoms. The lowest BCUT2D eigenvalue weighted by molar-refractivity contribution is -0.118. The van der Waals surface area contributed by atoms with Gasteiger partial charge in [-0.05, 0) is 60.9 Å². The van der Waals surface area contributed by atoms with Crippen LogP contribution in [0, 0.1) is 13.8 Å². The molecule has 0 fully saturated rings. The van der Waals surface area contributed by atoms with Gasteiger partial charge in [-0.1, -0.05) is 35.6 Å². The van der Waals surface area contributed by atoms with Crippen molar-refractivity contribution in [2.24, 2.45) is 0 Å². The molecule has 2 heterocycles. The summed E-state index contributed by atoms with van der Waals surface area (Å²) < 4.78 is 6.30. The van der Waals surface area contributed by atoms with Gasteiger partial charge in [0.25, 0.3) is 0 Å². The normalized spacial score (nSPS) is 10.9. The van der Waals surface area contributed by atoms with Gasteiger partial charge >= 0.3 is 0 Å². The summed E-state index contributed by atoms with van der Waals surface area (Å²) in [5.41, 5.74) is 5.07. The first kappa shape index (κ1) is 20.0. The van der Waals surface area contributed by atoms with E-state index in [0.29, 0.717) is 18.1 Å². The Labute approximate surface area is 180 Å². The number of pyridine rings is 1. The van der Waals surface area contributed by atoms with Gasteiger partial charge in [0.15, 0.2) is 5.13 Å². The highest BCUT2D eigenvalue weighted by Gasteiger charge is 2.21. The van der Waals surface area contributed by atoms with E-state index >= 15 is 0 Å². The van der Waals surface area contributed by atoms with Gasteiger partial charge in [0.1, 0.15) is 5.75 Å². The Hall–Kier alpha value is -3.25. The fourth-order valence-electron chi connectivity index (χ4n) is 3.23. The summed E-state index contributed by atoms with van der Waals surface area (Å²) in [5.74, 6) is 0.769. The molecular formula is C24H23N3O2S. The number of hydrogen-bond donors (Lipinski definition) is 0. The summed E-state index contributed by atoms with van der Waals surface area (Å²) in [6.07, 6.45) is 2.05. The van der Waals surface area contributed by atoms with Crippen molar-refractivity contribution in [3.8, 4) is 5.75 Å². The Bertz CT molecular complexity index is 1190. The number of hydrogen-bond acceptors (Lipinski definition) is 5. The molecule has 30 heavy (non-hydrogen) atoms. The Morgan fingerprint density at radius 3 is 2.67 bits per heavy atom. The fraction of sp³-hybridized carbons (Fsp3) is 0.208. The standard InChI is InChI=1S/C24H23N3O2S/c1-16-7-8-18(12-17(16)2)13-23(28)27(15-19-6-4-5-11-25-19)24-26-21-10-9-20(29-3)14-22(21)30-24/h4-12,14H,13,15H2,1-3H3. The fourth-order valence-corrected chi connectivity index (χ4v) is 4.25. The van der Waals surface area contributed by atoms with E-state index in [4.69, 9.17) is 9.72 Å². The minimum absolute atomic E-state index is 0.00470. The van der Waals surface area contributed by atoms with Gasteiger partial charge in [0.05, 0.1) is 36.0 Å². The number of thiazole rings is 1. The zero-order valence-corrected chi connectivity index (χ0v) is 18.1. The van der Waals surface area contributed by atoms with Gasteiger partial charge < -0.3 is 4.74 Å². The maximum atomic E-state index is 13.4. The Morgan fingerprint density at radius 2 is 1.93 bits per heavy atom. The van der Waals surface area contributed by atoms with Crippen molar-refractivity contribution < 1.29 is 9.53 Å². The molecule has 2 aromatic heterocycles. The van der Waals surface area contributed by atoms with Crippen LogP contribution < -0.4 is 9.64 Å². The zero-order chi connectivity index (χ0) is 21.1. The van der Waals surface area contributed by atoms with Crippen molar-refractivity contribution in [3.05, 3.63) is 83.2 Å². The Kier molecular flexibility index (Phi) is 5.77. The van der Waals surface area contributed by atoms with Crippen LogP contribution in [-0.2, 0) is 17.8 Å². The Balaban J connectivity index is 1.68. The molecule has 4 rings (SSSR count). The van der Waals surface area contributed by atoms with Crippen LogP contribution in [0.3, 0.4) is 0 Å². The number of amides is 1. The number of nitrogens with zero attached hydrogens (tertiary/aromatic N) is 3. The van der Waals surface area contributed by atoms with E-state index in [1.54, 1.807) is 18.2 Å². The average molecular weight is 418 g/mol. The molecule has 0 aliphatic rings. The van der Waals surface area contributed by atoms with Gasteiger partial charge in [-0.3, -0.25) is 14.7 Å². The largest absolute Gasteiger partial charge is 0.497 e. The van der Waals surface area contributed by atoms with Gasteiger partial charge in [-0.15, -0.1) is 0 Å². The summed E-state index contributed by atoms with van der Waals surface area (Å²) >= 11 is 1.48. The van der Waals surface area contributed by atoms with Crippen LogP contribution in [0.4, 0.5) is 5.13 Å². The molecular weight excluding hydrogens is 394 g/mol.